The summed E-state index contributed by atoms with van der Waals surface area (Å²) in [6.45, 7) is 0. The summed E-state index contributed by atoms with van der Waals surface area (Å²) in [6.07, 6.45) is 6.55. The second kappa shape index (κ2) is 7.46. The van der Waals surface area contributed by atoms with Crippen LogP contribution in [0.15, 0.2) is 53.5 Å². The van der Waals surface area contributed by atoms with E-state index < -0.39 is 0 Å². The summed E-state index contributed by atoms with van der Waals surface area (Å²) in [5.74, 6) is 0.891. The number of rotatable bonds is 5. The van der Waals surface area contributed by atoms with Crippen LogP contribution >= 0.6 is 11.3 Å². The number of amides is 2. The van der Waals surface area contributed by atoms with Crippen molar-refractivity contribution in [2.45, 2.75) is 31.7 Å². The number of fused-ring (bicyclic) bond motifs is 2. The molecule has 0 radical (unpaired) electrons. The molecule has 1 aromatic heterocycles. The fourth-order valence-electron chi connectivity index (χ4n) is 4.13. The Morgan fingerprint density at radius 2 is 1.88 bits per heavy atom. The maximum Gasteiger partial charge on any atom is 0.268 e. The van der Waals surface area contributed by atoms with Gasteiger partial charge < -0.3 is 10.6 Å². The maximum atomic E-state index is 12.9. The van der Waals surface area contributed by atoms with Gasteiger partial charge in [0, 0.05) is 16.5 Å². The second-order valence-electron chi connectivity index (χ2n) is 7.15. The minimum Gasteiger partial charge on any atom is -0.348 e. The molecule has 2 aromatic rings. The Morgan fingerprint density at radius 1 is 1.04 bits per heavy atom. The fraction of sp³-hybridized carbons (Fsp3) is 0.333. The molecule has 3 unspecified atom stereocenters. The average Bonchev–Trinajstić information content (AvgIpc) is 3.40. The van der Waals surface area contributed by atoms with Gasteiger partial charge in [-0.15, -0.1) is 11.3 Å². The molecule has 2 aliphatic rings. The van der Waals surface area contributed by atoms with Gasteiger partial charge in [-0.1, -0.05) is 30.7 Å². The van der Waals surface area contributed by atoms with Crippen LogP contribution in [-0.4, -0.2) is 17.9 Å². The van der Waals surface area contributed by atoms with Crippen LogP contribution in [-0.2, 0) is 4.79 Å². The molecule has 2 bridgehead atoms. The predicted molar refractivity (Wildman–Crippen MR) is 104 cm³/mol. The van der Waals surface area contributed by atoms with E-state index in [0.717, 1.165) is 17.2 Å². The molecule has 1 aromatic carbocycles. The standard InChI is InChI=1S/C21H22N2O2S/c24-20(15-5-2-1-3-6-15)23-19(13-17-7-4-10-26-17)21(25)22-18-12-14-8-9-16(18)11-14/h1-7,10,13-14,16,18H,8-9,11-12H2,(H,22,25)(H,23,24)/b19-13-. The first-order chi connectivity index (χ1) is 12.7. The van der Waals surface area contributed by atoms with E-state index in [1.807, 2.05) is 35.7 Å². The molecule has 4 nitrogen and oxygen atoms in total. The van der Waals surface area contributed by atoms with Crippen LogP contribution in [0, 0.1) is 11.8 Å². The SMILES string of the molecule is O=C(NC1CC2CCC1C2)/C(=C/c1cccs1)NC(=O)c1ccccc1. The van der Waals surface area contributed by atoms with Crippen molar-refractivity contribution in [3.8, 4) is 0 Å². The summed E-state index contributed by atoms with van der Waals surface area (Å²) >= 11 is 1.54. The Kier molecular flexibility index (Phi) is 4.89. The molecule has 2 N–H and O–H groups in total. The maximum absolute atomic E-state index is 12.9. The van der Waals surface area contributed by atoms with Gasteiger partial charge in [-0.05, 0) is 60.8 Å². The Bertz CT molecular complexity index is 814. The van der Waals surface area contributed by atoms with E-state index in [1.165, 1.54) is 30.6 Å². The zero-order chi connectivity index (χ0) is 17.9. The summed E-state index contributed by atoms with van der Waals surface area (Å²) in [7, 11) is 0. The van der Waals surface area contributed by atoms with Crippen LogP contribution in [0.25, 0.3) is 6.08 Å². The van der Waals surface area contributed by atoms with Crippen molar-refractivity contribution in [1.29, 1.82) is 0 Å². The molecule has 2 amide bonds. The van der Waals surface area contributed by atoms with E-state index in [9.17, 15) is 9.59 Å². The van der Waals surface area contributed by atoms with E-state index in [1.54, 1.807) is 18.2 Å². The highest BCUT2D eigenvalue weighted by Crippen LogP contribution is 2.44. The molecule has 134 valence electrons. The van der Waals surface area contributed by atoms with Crippen molar-refractivity contribution in [3.63, 3.8) is 0 Å². The molecule has 3 atom stereocenters. The lowest BCUT2D eigenvalue weighted by atomic mass is 9.95. The lowest BCUT2D eigenvalue weighted by molar-refractivity contribution is -0.118. The van der Waals surface area contributed by atoms with Gasteiger partial charge in [-0.25, -0.2) is 0 Å². The Hall–Kier alpha value is -2.40. The van der Waals surface area contributed by atoms with Crippen LogP contribution in [0.1, 0.15) is 40.9 Å². The lowest BCUT2D eigenvalue weighted by Gasteiger charge is -2.23. The zero-order valence-electron chi connectivity index (χ0n) is 14.5. The van der Waals surface area contributed by atoms with Crippen LogP contribution in [0.2, 0.25) is 0 Å². The quantitative estimate of drug-likeness (QED) is 0.790. The van der Waals surface area contributed by atoms with Gasteiger partial charge in [-0.3, -0.25) is 9.59 Å². The molecular weight excluding hydrogens is 344 g/mol. The van der Waals surface area contributed by atoms with Crippen LogP contribution in [0.5, 0.6) is 0 Å². The largest absolute Gasteiger partial charge is 0.348 e. The molecule has 26 heavy (non-hydrogen) atoms. The first-order valence-corrected chi connectivity index (χ1v) is 9.99. The number of nitrogens with one attached hydrogen (secondary N) is 2. The van der Waals surface area contributed by atoms with Gasteiger partial charge in [0.1, 0.15) is 5.70 Å². The topological polar surface area (TPSA) is 58.2 Å². The van der Waals surface area contributed by atoms with Crippen LogP contribution < -0.4 is 10.6 Å². The van der Waals surface area contributed by atoms with Crippen molar-refractivity contribution in [2.75, 3.05) is 0 Å². The normalized spacial score (nSPS) is 24.5. The first kappa shape index (κ1) is 17.0. The number of benzene rings is 1. The van der Waals surface area contributed by atoms with Gasteiger partial charge in [0.05, 0.1) is 0 Å². The van der Waals surface area contributed by atoms with Crippen LogP contribution in [0.4, 0.5) is 0 Å². The number of carbonyl (C=O) groups is 2. The minimum absolute atomic E-state index is 0.194. The van der Waals surface area contributed by atoms with Gasteiger partial charge in [0.25, 0.3) is 11.8 Å². The van der Waals surface area contributed by atoms with Crippen molar-refractivity contribution in [1.82, 2.24) is 10.6 Å². The molecule has 1 heterocycles. The first-order valence-electron chi connectivity index (χ1n) is 9.11. The smallest absolute Gasteiger partial charge is 0.268 e. The molecule has 2 saturated carbocycles. The summed E-state index contributed by atoms with van der Waals surface area (Å²) in [6, 6.07) is 13.1. The average molecular weight is 366 g/mol. The molecule has 4 rings (SSSR count). The van der Waals surface area contributed by atoms with Gasteiger partial charge >= 0.3 is 0 Å². The molecule has 2 fully saturated rings. The third kappa shape index (κ3) is 3.73. The summed E-state index contributed by atoms with van der Waals surface area (Å²) in [5.41, 5.74) is 0.848. The van der Waals surface area contributed by atoms with Gasteiger partial charge in [-0.2, -0.15) is 0 Å². The molecular formula is C21H22N2O2S. The molecule has 5 heteroatoms. The molecule has 0 aliphatic heterocycles. The van der Waals surface area contributed by atoms with Crippen molar-refractivity contribution in [2.24, 2.45) is 11.8 Å². The molecule has 0 spiro atoms. The van der Waals surface area contributed by atoms with E-state index in [-0.39, 0.29) is 17.9 Å². The highest BCUT2D eigenvalue weighted by atomic mass is 32.1. The Labute approximate surface area is 157 Å². The highest BCUT2D eigenvalue weighted by Gasteiger charge is 2.40. The minimum atomic E-state index is -0.267. The second-order valence-corrected chi connectivity index (χ2v) is 8.13. The molecule has 0 saturated heterocycles. The number of hydrogen-bond donors (Lipinski definition) is 2. The fourth-order valence-corrected chi connectivity index (χ4v) is 4.78. The van der Waals surface area contributed by atoms with E-state index in [4.69, 9.17) is 0 Å². The number of hydrogen-bond acceptors (Lipinski definition) is 3. The van der Waals surface area contributed by atoms with Crippen molar-refractivity contribution < 1.29 is 9.59 Å². The Balaban J connectivity index is 1.51. The van der Waals surface area contributed by atoms with E-state index >= 15 is 0 Å². The molecule has 2 aliphatic carbocycles. The third-order valence-corrected chi connectivity index (χ3v) is 6.23. The summed E-state index contributed by atoms with van der Waals surface area (Å²) < 4.78 is 0. The number of carbonyl (C=O) groups excluding carboxylic acids is 2. The Morgan fingerprint density at radius 3 is 2.54 bits per heavy atom. The van der Waals surface area contributed by atoms with Gasteiger partial charge in [0.15, 0.2) is 0 Å². The number of thiophene rings is 1. The van der Waals surface area contributed by atoms with Crippen molar-refractivity contribution >= 4 is 29.2 Å². The van der Waals surface area contributed by atoms with E-state index in [2.05, 4.69) is 10.6 Å². The van der Waals surface area contributed by atoms with Gasteiger partial charge in [0.2, 0.25) is 0 Å². The monoisotopic (exact) mass is 366 g/mol. The lowest BCUT2D eigenvalue weighted by Crippen LogP contribution is -2.42. The predicted octanol–water partition coefficient (Wildman–Crippen LogP) is 3.82. The zero-order valence-corrected chi connectivity index (χ0v) is 15.3. The highest BCUT2D eigenvalue weighted by molar-refractivity contribution is 7.10. The van der Waals surface area contributed by atoms with Crippen molar-refractivity contribution in [3.05, 3.63) is 64.0 Å². The van der Waals surface area contributed by atoms with Crippen LogP contribution in [0.3, 0.4) is 0 Å². The summed E-state index contributed by atoms with van der Waals surface area (Å²) in [4.78, 5) is 26.3. The van der Waals surface area contributed by atoms with E-state index in [0.29, 0.717) is 17.2 Å². The third-order valence-electron chi connectivity index (χ3n) is 5.41. The summed E-state index contributed by atoms with van der Waals surface area (Å²) in [5, 5.41) is 7.92.